The van der Waals surface area contributed by atoms with Crippen molar-refractivity contribution in [3.63, 3.8) is 0 Å². The van der Waals surface area contributed by atoms with Crippen LogP contribution >= 0.6 is 0 Å². The van der Waals surface area contributed by atoms with E-state index in [0.717, 1.165) is 48.9 Å². The van der Waals surface area contributed by atoms with Crippen LogP contribution in [0, 0.1) is 0 Å². The molecule has 0 unspecified atom stereocenters. The van der Waals surface area contributed by atoms with Crippen molar-refractivity contribution in [2.75, 3.05) is 40.0 Å². The first kappa shape index (κ1) is 33.7. The lowest BCUT2D eigenvalue weighted by Gasteiger charge is -2.41. The molecule has 248 valence electrons. The predicted octanol–water partition coefficient (Wildman–Crippen LogP) is 6.78. The molecule has 3 atom stereocenters. The molecule has 46 heavy (non-hydrogen) atoms. The monoisotopic (exact) mass is 630 g/mol. The van der Waals surface area contributed by atoms with Crippen molar-refractivity contribution in [1.29, 1.82) is 0 Å². The van der Waals surface area contributed by atoms with E-state index in [0.29, 0.717) is 45.0 Å². The Morgan fingerprint density at radius 1 is 0.913 bits per heavy atom. The molecule has 2 fully saturated rings. The van der Waals surface area contributed by atoms with Gasteiger partial charge in [0.05, 0.1) is 30.2 Å². The number of carbonyl (C=O) groups is 2. The number of nitrogens with zero attached hydrogens (tertiary/aromatic N) is 4. The summed E-state index contributed by atoms with van der Waals surface area (Å²) in [7, 11) is 1.71. The summed E-state index contributed by atoms with van der Waals surface area (Å²) in [5.41, 5.74) is 2.74. The number of ether oxygens (including phenoxy) is 3. The molecule has 1 aliphatic heterocycles. The summed E-state index contributed by atoms with van der Waals surface area (Å²) in [5.74, 6) is -0.117. The van der Waals surface area contributed by atoms with Gasteiger partial charge in [-0.3, -0.25) is 4.79 Å². The van der Waals surface area contributed by atoms with Gasteiger partial charge in [-0.15, -0.1) is 0 Å². The molecule has 2 heterocycles. The summed E-state index contributed by atoms with van der Waals surface area (Å²) in [5, 5.41) is 0. The number of piperazine rings is 1. The number of hydrogen-bond acceptors (Lipinski definition) is 6. The molecule has 0 bridgehead atoms. The highest BCUT2D eigenvalue weighted by Gasteiger charge is 2.38. The van der Waals surface area contributed by atoms with Gasteiger partial charge < -0.3 is 28.6 Å². The van der Waals surface area contributed by atoms with E-state index in [1.165, 1.54) is 6.42 Å². The smallest absolute Gasteiger partial charge is 0.410 e. The van der Waals surface area contributed by atoms with Crippen molar-refractivity contribution in [2.45, 2.75) is 89.5 Å². The number of carbonyl (C=O) groups excluding carboxylic acids is 2. The number of hydrogen-bond donors (Lipinski definition) is 0. The molecule has 2 amide bonds. The lowest BCUT2D eigenvalue weighted by Crippen LogP contribution is -2.58. The summed E-state index contributed by atoms with van der Waals surface area (Å²) in [4.78, 5) is 36.3. The highest BCUT2D eigenvalue weighted by Crippen LogP contribution is 2.36. The van der Waals surface area contributed by atoms with Gasteiger partial charge in [0, 0.05) is 45.5 Å². The van der Waals surface area contributed by atoms with Gasteiger partial charge in [-0.2, -0.15) is 0 Å². The van der Waals surface area contributed by atoms with Crippen LogP contribution in [-0.4, -0.2) is 89.1 Å². The van der Waals surface area contributed by atoms with Crippen LogP contribution in [0.15, 0.2) is 67.0 Å². The Bertz CT molecular complexity index is 1400. The third-order valence-corrected chi connectivity index (χ3v) is 8.85. The van der Waals surface area contributed by atoms with Gasteiger partial charge in [0.1, 0.15) is 5.60 Å². The lowest BCUT2D eigenvalue weighted by atomic mass is 10.00. The Labute approximate surface area is 273 Å². The molecule has 1 saturated carbocycles. The molecular weight excluding hydrogens is 580 g/mol. The Morgan fingerprint density at radius 2 is 1.63 bits per heavy atom. The molecule has 9 heteroatoms. The minimum absolute atomic E-state index is 0.0298. The number of rotatable bonds is 10. The van der Waals surface area contributed by atoms with Gasteiger partial charge >= 0.3 is 6.09 Å². The fraction of sp³-hybridized carbons (Fsp3) is 0.541. The average Bonchev–Trinajstić information content (AvgIpc) is 3.35. The van der Waals surface area contributed by atoms with Crippen LogP contribution in [0.4, 0.5) is 4.79 Å². The quantitative estimate of drug-likeness (QED) is 0.181. The molecule has 0 spiro atoms. The third kappa shape index (κ3) is 8.56. The molecule has 3 aromatic rings. The molecule has 0 radical (unpaired) electrons. The molecular formula is C37H50N4O5. The molecule has 9 nitrogen and oxygen atoms in total. The van der Waals surface area contributed by atoms with Crippen molar-refractivity contribution in [1.82, 2.24) is 19.4 Å². The van der Waals surface area contributed by atoms with Crippen molar-refractivity contribution in [3.05, 3.63) is 78.2 Å². The van der Waals surface area contributed by atoms with Crippen molar-refractivity contribution in [2.24, 2.45) is 0 Å². The fourth-order valence-electron chi connectivity index (χ4n) is 6.67. The largest absolute Gasteiger partial charge is 0.444 e. The highest BCUT2D eigenvalue weighted by molar-refractivity contribution is 5.98. The number of benzene rings is 2. The third-order valence-electron chi connectivity index (χ3n) is 8.85. The maximum atomic E-state index is 14.7. The Kier molecular flexibility index (Phi) is 11.5. The fourth-order valence-corrected chi connectivity index (χ4v) is 6.67. The standard InChI is InChI=1S/C37H50N4O5/c1-37(2,3)46-36(43)39-21-22-40(30(26-39)25-28-15-8-5-9-16-28)35(42)33-34(29-17-10-6-11-18-29)41(27-38-33)31-19-12-7-13-20-32(31)45-24-14-23-44-4/h5-6,8-11,15-18,27,30-32H,7,12-14,19-26H2,1-4H3/t30-,31-,32-/m1/s1. The SMILES string of the molecule is COCCCO[C@@H]1CCCCC[C@H]1n1cnc(C(=O)N2CCN(C(=O)OC(C)(C)C)C[C@H]2Cc2ccccc2)c1-c1ccccc1. The van der Waals surface area contributed by atoms with Crippen LogP contribution in [0.1, 0.15) is 81.4 Å². The van der Waals surface area contributed by atoms with Crippen LogP contribution in [0.25, 0.3) is 11.3 Å². The summed E-state index contributed by atoms with van der Waals surface area (Å²) >= 11 is 0. The van der Waals surface area contributed by atoms with Crippen molar-refractivity contribution < 1.29 is 23.8 Å². The Hall–Kier alpha value is -3.69. The average molecular weight is 631 g/mol. The molecule has 0 N–H and O–H groups in total. The molecule has 1 aliphatic carbocycles. The molecule has 5 rings (SSSR count). The second kappa shape index (κ2) is 15.7. The van der Waals surface area contributed by atoms with Crippen molar-refractivity contribution in [3.8, 4) is 11.3 Å². The van der Waals surface area contributed by atoms with E-state index in [-0.39, 0.29) is 30.2 Å². The van der Waals surface area contributed by atoms with Crippen LogP contribution < -0.4 is 0 Å². The maximum absolute atomic E-state index is 14.7. The molecule has 2 aliphatic rings. The van der Waals surface area contributed by atoms with Crippen molar-refractivity contribution >= 4 is 12.0 Å². The highest BCUT2D eigenvalue weighted by atomic mass is 16.6. The first-order valence-corrected chi connectivity index (χ1v) is 16.8. The Balaban J connectivity index is 1.48. The topological polar surface area (TPSA) is 86.1 Å². The van der Waals surface area contributed by atoms with E-state index >= 15 is 0 Å². The van der Waals surface area contributed by atoms with Gasteiger partial charge in [-0.1, -0.05) is 79.9 Å². The minimum atomic E-state index is -0.597. The number of imidazole rings is 1. The summed E-state index contributed by atoms with van der Waals surface area (Å²) < 4.78 is 19.7. The van der Waals surface area contributed by atoms with E-state index in [9.17, 15) is 9.59 Å². The van der Waals surface area contributed by atoms with E-state index in [1.807, 2.05) is 68.4 Å². The zero-order chi connectivity index (χ0) is 32.5. The summed E-state index contributed by atoms with van der Waals surface area (Å²) in [6, 6.07) is 20.1. The Morgan fingerprint density at radius 3 is 2.35 bits per heavy atom. The first-order chi connectivity index (χ1) is 22.2. The minimum Gasteiger partial charge on any atom is -0.444 e. The number of aromatic nitrogens is 2. The summed E-state index contributed by atoms with van der Waals surface area (Å²) in [6.45, 7) is 8.10. The van der Waals surface area contributed by atoms with Gasteiger partial charge in [0.2, 0.25) is 0 Å². The van der Waals surface area contributed by atoms with Gasteiger partial charge in [-0.25, -0.2) is 9.78 Å². The van der Waals surface area contributed by atoms with Crippen LogP contribution in [0.5, 0.6) is 0 Å². The van der Waals surface area contributed by atoms with E-state index < -0.39 is 5.60 Å². The lowest BCUT2D eigenvalue weighted by molar-refractivity contribution is 0.00357. The second-order valence-corrected chi connectivity index (χ2v) is 13.4. The molecule has 1 aromatic heterocycles. The summed E-state index contributed by atoms with van der Waals surface area (Å²) in [6.07, 6.45) is 8.31. The first-order valence-electron chi connectivity index (χ1n) is 16.8. The number of methoxy groups -OCH3 is 1. The normalized spacial score (nSPS) is 20.7. The van der Waals surface area contributed by atoms with E-state index in [1.54, 1.807) is 12.0 Å². The van der Waals surface area contributed by atoms with Crippen LogP contribution in [-0.2, 0) is 20.6 Å². The predicted molar refractivity (Wildman–Crippen MR) is 179 cm³/mol. The van der Waals surface area contributed by atoms with Crippen LogP contribution in [0.3, 0.4) is 0 Å². The van der Waals surface area contributed by atoms with E-state index in [2.05, 4.69) is 28.8 Å². The van der Waals surface area contributed by atoms with E-state index in [4.69, 9.17) is 19.2 Å². The van der Waals surface area contributed by atoms with Crippen LogP contribution in [0.2, 0.25) is 0 Å². The van der Waals surface area contributed by atoms with Gasteiger partial charge in [0.15, 0.2) is 5.69 Å². The van der Waals surface area contributed by atoms with Gasteiger partial charge in [0.25, 0.3) is 5.91 Å². The van der Waals surface area contributed by atoms with Gasteiger partial charge in [-0.05, 0) is 52.0 Å². The maximum Gasteiger partial charge on any atom is 0.410 e. The number of amides is 2. The molecule has 1 saturated heterocycles. The second-order valence-electron chi connectivity index (χ2n) is 13.4. The zero-order valence-electron chi connectivity index (χ0n) is 27.9. The molecule has 2 aromatic carbocycles. The zero-order valence-corrected chi connectivity index (χ0v) is 27.9.